The number of hydrogen-bond acceptors (Lipinski definition) is 5. The van der Waals surface area contributed by atoms with Crippen LogP contribution in [-0.2, 0) is 14.8 Å². The van der Waals surface area contributed by atoms with Crippen LogP contribution >= 0.6 is 0 Å². The molecule has 1 aliphatic rings. The number of hydrogen-bond donors (Lipinski definition) is 0. The summed E-state index contributed by atoms with van der Waals surface area (Å²) in [5.74, 6) is 0. The van der Waals surface area contributed by atoms with E-state index in [4.69, 9.17) is 10.00 Å². The second kappa shape index (κ2) is 4.89. The van der Waals surface area contributed by atoms with Crippen LogP contribution in [0.1, 0.15) is 19.5 Å². The van der Waals surface area contributed by atoms with Crippen LogP contribution in [0.2, 0.25) is 0 Å². The summed E-state index contributed by atoms with van der Waals surface area (Å²) in [5, 5.41) is 8.96. The van der Waals surface area contributed by atoms with Crippen LogP contribution in [0.4, 0.5) is 0 Å². The first-order chi connectivity index (χ1) is 8.87. The van der Waals surface area contributed by atoms with E-state index in [0.717, 1.165) is 0 Å². The fraction of sp³-hybridized carbons (Fsp3) is 0.500. The third-order valence-electron chi connectivity index (χ3n) is 2.89. The molecule has 0 aromatic carbocycles. The minimum atomic E-state index is -3.71. The molecule has 2 rings (SSSR count). The Bertz CT molecular complexity index is 619. The number of rotatable bonds is 2. The Morgan fingerprint density at radius 2 is 2.26 bits per heavy atom. The molecule has 2 heterocycles. The number of pyridine rings is 1. The van der Waals surface area contributed by atoms with Crippen LogP contribution in [0.5, 0.6) is 0 Å². The van der Waals surface area contributed by atoms with Crippen LogP contribution in [0, 0.1) is 11.3 Å². The second-order valence-corrected chi connectivity index (χ2v) is 6.82. The Morgan fingerprint density at radius 1 is 1.53 bits per heavy atom. The Morgan fingerprint density at radius 3 is 2.89 bits per heavy atom. The minimum Gasteiger partial charge on any atom is -0.373 e. The summed E-state index contributed by atoms with van der Waals surface area (Å²) in [6, 6.07) is 4.73. The van der Waals surface area contributed by atoms with Crippen LogP contribution in [0.25, 0.3) is 0 Å². The number of morpholine rings is 1. The fourth-order valence-corrected chi connectivity index (χ4v) is 3.67. The highest BCUT2D eigenvalue weighted by Crippen LogP contribution is 2.24. The first kappa shape index (κ1) is 13.9. The topological polar surface area (TPSA) is 83.3 Å². The standard InChI is InChI=1S/C12H15N3O3S/c1-12(2)9-15(6-7-18-12)19(16,17)11-4-3-5-14-10(11)8-13/h3-5H,6-7,9H2,1-2H3. The van der Waals surface area contributed by atoms with E-state index >= 15 is 0 Å². The van der Waals surface area contributed by atoms with Crippen molar-refractivity contribution in [3.05, 3.63) is 24.0 Å². The van der Waals surface area contributed by atoms with Crippen LogP contribution in [-0.4, -0.2) is 43.0 Å². The van der Waals surface area contributed by atoms with Crippen molar-refractivity contribution in [2.45, 2.75) is 24.3 Å². The lowest BCUT2D eigenvalue weighted by Gasteiger charge is -2.37. The lowest BCUT2D eigenvalue weighted by atomic mass is 10.1. The van der Waals surface area contributed by atoms with Gasteiger partial charge in [-0.3, -0.25) is 0 Å². The molecule has 0 spiro atoms. The molecule has 19 heavy (non-hydrogen) atoms. The molecule has 0 bridgehead atoms. The molecule has 102 valence electrons. The van der Waals surface area contributed by atoms with Crippen molar-refractivity contribution in [1.82, 2.24) is 9.29 Å². The maximum absolute atomic E-state index is 12.5. The zero-order chi connectivity index (χ0) is 14.1. The molecule has 0 saturated carbocycles. The first-order valence-electron chi connectivity index (χ1n) is 5.86. The summed E-state index contributed by atoms with van der Waals surface area (Å²) < 4.78 is 31.9. The van der Waals surface area contributed by atoms with Crippen molar-refractivity contribution >= 4 is 10.0 Å². The first-order valence-corrected chi connectivity index (χ1v) is 7.30. The smallest absolute Gasteiger partial charge is 0.246 e. The van der Waals surface area contributed by atoms with E-state index in [1.54, 1.807) is 0 Å². The van der Waals surface area contributed by atoms with Crippen molar-refractivity contribution in [3.8, 4) is 6.07 Å². The fourth-order valence-electron chi connectivity index (χ4n) is 2.00. The predicted octanol–water partition coefficient (Wildman–Crippen LogP) is 0.753. The molecule has 7 heteroatoms. The van der Waals surface area contributed by atoms with Gasteiger partial charge in [0.1, 0.15) is 11.0 Å². The molecule has 0 N–H and O–H groups in total. The summed E-state index contributed by atoms with van der Waals surface area (Å²) >= 11 is 0. The molecule has 0 amide bonds. The predicted molar refractivity (Wildman–Crippen MR) is 67.7 cm³/mol. The van der Waals surface area contributed by atoms with E-state index in [2.05, 4.69) is 4.98 Å². The largest absolute Gasteiger partial charge is 0.373 e. The molecule has 1 saturated heterocycles. The SMILES string of the molecule is CC1(C)CN(S(=O)(=O)c2cccnc2C#N)CCO1. The normalized spacial score (nSPS) is 19.8. The number of nitriles is 1. The monoisotopic (exact) mass is 281 g/mol. The molecule has 0 atom stereocenters. The molecule has 6 nitrogen and oxygen atoms in total. The average molecular weight is 281 g/mol. The van der Waals surface area contributed by atoms with Gasteiger partial charge in [-0.1, -0.05) is 0 Å². The van der Waals surface area contributed by atoms with Crippen molar-refractivity contribution < 1.29 is 13.2 Å². The van der Waals surface area contributed by atoms with Crippen LogP contribution in [0.3, 0.4) is 0 Å². The lowest BCUT2D eigenvalue weighted by Crippen LogP contribution is -2.50. The maximum Gasteiger partial charge on any atom is 0.246 e. The minimum absolute atomic E-state index is 0.0461. The van der Waals surface area contributed by atoms with E-state index in [1.807, 2.05) is 19.9 Å². The highest BCUT2D eigenvalue weighted by atomic mass is 32.2. The van der Waals surface area contributed by atoms with Gasteiger partial charge in [0, 0.05) is 19.3 Å². The van der Waals surface area contributed by atoms with E-state index in [1.165, 1.54) is 22.6 Å². The second-order valence-electron chi connectivity index (χ2n) is 4.91. The van der Waals surface area contributed by atoms with Gasteiger partial charge in [-0.2, -0.15) is 9.57 Å². The van der Waals surface area contributed by atoms with Gasteiger partial charge in [0.2, 0.25) is 10.0 Å². The van der Waals surface area contributed by atoms with Gasteiger partial charge in [0.25, 0.3) is 0 Å². The van der Waals surface area contributed by atoms with E-state index in [9.17, 15) is 8.42 Å². The zero-order valence-corrected chi connectivity index (χ0v) is 11.6. The molecule has 0 aliphatic carbocycles. The van der Waals surface area contributed by atoms with Crippen LogP contribution in [0.15, 0.2) is 23.2 Å². The summed E-state index contributed by atoms with van der Waals surface area (Å²) in [7, 11) is -3.71. The molecule has 0 unspecified atom stereocenters. The zero-order valence-electron chi connectivity index (χ0n) is 10.8. The molecule has 1 fully saturated rings. The molecular formula is C12H15N3O3S. The highest BCUT2D eigenvalue weighted by Gasteiger charge is 2.36. The summed E-state index contributed by atoms with van der Waals surface area (Å²) in [4.78, 5) is 3.75. The Kier molecular flexibility index (Phi) is 3.58. The van der Waals surface area contributed by atoms with Gasteiger partial charge in [-0.05, 0) is 26.0 Å². The number of ether oxygens (including phenoxy) is 1. The van der Waals surface area contributed by atoms with Crippen molar-refractivity contribution in [2.75, 3.05) is 19.7 Å². The van der Waals surface area contributed by atoms with E-state index < -0.39 is 15.6 Å². The molecule has 1 aromatic rings. The van der Waals surface area contributed by atoms with Gasteiger partial charge in [-0.15, -0.1) is 0 Å². The molecular weight excluding hydrogens is 266 g/mol. The lowest BCUT2D eigenvalue weighted by molar-refractivity contribution is -0.0640. The summed E-state index contributed by atoms with van der Waals surface area (Å²) in [6.07, 6.45) is 1.40. The number of nitrogens with zero attached hydrogens (tertiary/aromatic N) is 3. The van der Waals surface area contributed by atoms with Crippen molar-refractivity contribution in [2.24, 2.45) is 0 Å². The molecule has 1 aromatic heterocycles. The van der Waals surface area contributed by atoms with Crippen molar-refractivity contribution in [1.29, 1.82) is 5.26 Å². The maximum atomic E-state index is 12.5. The molecule has 1 aliphatic heterocycles. The Hall–Kier alpha value is -1.49. The third-order valence-corrected chi connectivity index (χ3v) is 4.76. The van der Waals surface area contributed by atoms with E-state index in [-0.39, 0.29) is 23.7 Å². The van der Waals surface area contributed by atoms with Gasteiger partial charge in [0.05, 0.1) is 12.2 Å². The average Bonchev–Trinajstić information content (AvgIpc) is 2.37. The summed E-state index contributed by atoms with van der Waals surface area (Å²) in [6.45, 7) is 4.56. The summed E-state index contributed by atoms with van der Waals surface area (Å²) in [5.41, 5.74) is -0.604. The molecule has 0 radical (unpaired) electrons. The van der Waals surface area contributed by atoms with E-state index in [0.29, 0.717) is 6.61 Å². The Balaban J connectivity index is 2.40. The van der Waals surface area contributed by atoms with Gasteiger partial charge >= 0.3 is 0 Å². The number of aromatic nitrogens is 1. The van der Waals surface area contributed by atoms with Gasteiger partial charge in [0.15, 0.2) is 5.69 Å². The highest BCUT2D eigenvalue weighted by molar-refractivity contribution is 7.89. The number of sulfonamides is 1. The Labute approximate surface area is 112 Å². The van der Waals surface area contributed by atoms with Gasteiger partial charge in [-0.25, -0.2) is 13.4 Å². The third kappa shape index (κ3) is 2.76. The van der Waals surface area contributed by atoms with Crippen molar-refractivity contribution in [3.63, 3.8) is 0 Å². The van der Waals surface area contributed by atoms with Crippen LogP contribution < -0.4 is 0 Å². The van der Waals surface area contributed by atoms with Gasteiger partial charge < -0.3 is 4.74 Å². The quantitative estimate of drug-likeness (QED) is 0.799.